The van der Waals surface area contributed by atoms with Crippen molar-refractivity contribution in [2.24, 2.45) is 4.99 Å². The molecule has 0 aliphatic rings. The smallest absolute Gasteiger partial charge is 0.279 e. The second-order valence-corrected chi connectivity index (χ2v) is 5.40. The number of non-ortho nitro benzene ring substituents is 1. The van der Waals surface area contributed by atoms with Gasteiger partial charge in [0.2, 0.25) is 0 Å². The third-order valence-electron chi connectivity index (χ3n) is 3.63. The van der Waals surface area contributed by atoms with Crippen LogP contribution in [0.3, 0.4) is 0 Å². The minimum Gasteiger partial charge on any atom is -0.328 e. The zero-order chi connectivity index (χ0) is 17.6. The minimum atomic E-state index is -0.533. The number of carbonyl (C=O) groups excluding carboxylic acids is 1. The number of nitrogens with zero attached hydrogens (tertiary/aromatic N) is 3. The Bertz CT molecular complexity index is 978. The largest absolute Gasteiger partial charge is 0.328 e. The van der Waals surface area contributed by atoms with E-state index in [0.717, 1.165) is 5.56 Å². The number of hydrogen-bond acceptors (Lipinski definition) is 3. The Morgan fingerprint density at radius 3 is 2.52 bits per heavy atom. The molecule has 0 aliphatic carbocycles. The van der Waals surface area contributed by atoms with Crippen LogP contribution in [0, 0.1) is 10.1 Å². The lowest BCUT2D eigenvalue weighted by Gasteiger charge is -2.07. The minimum absolute atomic E-state index is 0.133. The molecule has 3 aromatic rings. The standard InChI is InChI=1S/C19H15N3O3/c23-19(16-9-6-10-17(13-16)22(24)25)20-18-11-4-5-12-21(18)14-15-7-2-1-3-8-15/h1-13H,14H2. The Morgan fingerprint density at radius 1 is 1.00 bits per heavy atom. The van der Waals surface area contributed by atoms with E-state index in [-0.39, 0.29) is 11.3 Å². The van der Waals surface area contributed by atoms with Crippen molar-refractivity contribution < 1.29 is 9.72 Å². The van der Waals surface area contributed by atoms with Crippen LogP contribution in [0.2, 0.25) is 0 Å². The van der Waals surface area contributed by atoms with Crippen LogP contribution >= 0.6 is 0 Å². The molecule has 2 aromatic carbocycles. The number of nitro groups is 1. The van der Waals surface area contributed by atoms with Crippen molar-refractivity contribution in [3.63, 3.8) is 0 Å². The molecule has 0 aliphatic heterocycles. The van der Waals surface area contributed by atoms with Gasteiger partial charge in [-0.3, -0.25) is 14.9 Å². The van der Waals surface area contributed by atoms with E-state index in [9.17, 15) is 14.9 Å². The van der Waals surface area contributed by atoms with Gasteiger partial charge in [-0.2, -0.15) is 4.99 Å². The van der Waals surface area contributed by atoms with Crippen molar-refractivity contribution in [1.82, 2.24) is 4.57 Å². The van der Waals surface area contributed by atoms with Gasteiger partial charge >= 0.3 is 0 Å². The number of carbonyl (C=O) groups is 1. The number of rotatable bonds is 4. The van der Waals surface area contributed by atoms with Crippen molar-refractivity contribution in [1.29, 1.82) is 0 Å². The molecule has 6 heteroatoms. The molecular formula is C19H15N3O3. The van der Waals surface area contributed by atoms with Crippen LogP contribution in [0.4, 0.5) is 5.69 Å². The van der Waals surface area contributed by atoms with Gasteiger partial charge in [0.1, 0.15) is 5.49 Å². The molecule has 124 valence electrons. The summed E-state index contributed by atoms with van der Waals surface area (Å²) in [6, 6.07) is 20.8. The van der Waals surface area contributed by atoms with E-state index in [1.54, 1.807) is 12.1 Å². The SMILES string of the molecule is O=C(N=c1ccccn1Cc1ccccc1)c1cccc([N+](=O)[O-])c1. The Kier molecular flexibility index (Phi) is 4.80. The molecule has 0 bridgehead atoms. The number of benzene rings is 2. The lowest BCUT2D eigenvalue weighted by molar-refractivity contribution is -0.384. The highest BCUT2D eigenvalue weighted by molar-refractivity contribution is 5.95. The third-order valence-corrected chi connectivity index (χ3v) is 3.63. The maximum atomic E-state index is 12.4. The first-order valence-corrected chi connectivity index (χ1v) is 7.66. The lowest BCUT2D eigenvalue weighted by Crippen LogP contribution is -2.22. The van der Waals surface area contributed by atoms with Crippen LogP contribution in [0.25, 0.3) is 0 Å². The van der Waals surface area contributed by atoms with Crippen LogP contribution < -0.4 is 5.49 Å². The van der Waals surface area contributed by atoms with Gasteiger partial charge in [-0.15, -0.1) is 0 Å². The van der Waals surface area contributed by atoms with Gasteiger partial charge in [-0.05, 0) is 23.8 Å². The zero-order valence-electron chi connectivity index (χ0n) is 13.3. The summed E-state index contributed by atoms with van der Waals surface area (Å²) in [5.41, 5.74) is 1.62. The molecule has 0 radical (unpaired) electrons. The molecular weight excluding hydrogens is 318 g/mol. The number of hydrogen-bond donors (Lipinski definition) is 0. The zero-order valence-corrected chi connectivity index (χ0v) is 13.3. The monoisotopic (exact) mass is 333 g/mol. The Morgan fingerprint density at radius 2 is 1.76 bits per heavy atom. The number of amides is 1. The van der Waals surface area contributed by atoms with E-state index < -0.39 is 10.8 Å². The summed E-state index contributed by atoms with van der Waals surface area (Å²) in [6.07, 6.45) is 1.84. The predicted molar refractivity (Wildman–Crippen MR) is 93.0 cm³/mol. The van der Waals surface area contributed by atoms with E-state index in [1.807, 2.05) is 47.2 Å². The second kappa shape index (κ2) is 7.35. The first kappa shape index (κ1) is 16.3. The van der Waals surface area contributed by atoms with Gasteiger partial charge in [0.05, 0.1) is 4.92 Å². The van der Waals surface area contributed by atoms with Crippen LogP contribution in [0.1, 0.15) is 15.9 Å². The molecule has 1 heterocycles. The fourth-order valence-corrected chi connectivity index (χ4v) is 2.40. The van der Waals surface area contributed by atoms with E-state index in [1.165, 1.54) is 24.3 Å². The summed E-state index contributed by atoms with van der Waals surface area (Å²) in [6.45, 7) is 0.572. The van der Waals surface area contributed by atoms with E-state index in [4.69, 9.17) is 0 Å². The van der Waals surface area contributed by atoms with Gasteiger partial charge in [0.15, 0.2) is 0 Å². The summed E-state index contributed by atoms with van der Waals surface area (Å²) < 4.78 is 1.85. The van der Waals surface area contributed by atoms with Gasteiger partial charge in [0.25, 0.3) is 11.6 Å². The Labute approximate surface area is 143 Å². The van der Waals surface area contributed by atoms with Crippen LogP contribution in [-0.4, -0.2) is 15.4 Å². The first-order valence-electron chi connectivity index (χ1n) is 7.66. The average molecular weight is 333 g/mol. The van der Waals surface area contributed by atoms with Crippen molar-refractivity contribution in [2.75, 3.05) is 0 Å². The molecule has 1 aromatic heterocycles. The fourth-order valence-electron chi connectivity index (χ4n) is 2.40. The van der Waals surface area contributed by atoms with Crippen molar-refractivity contribution >= 4 is 11.6 Å². The normalized spacial score (nSPS) is 11.3. The van der Waals surface area contributed by atoms with Crippen LogP contribution in [0.5, 0.6) is 0 Å². The highest BCUT2D eigenvalue weighted by Gasteiger charge is 2.10. The van der Waals surface area contributed by atoms with E-state index in [2.05, 4.69) is 4.99 Å². The quantitative estimate of drug-likeness (QED) is 0.543. The molecule has 0 N–H and O–H groups in total. The van der Waals surface area contributed by atoms with Gasteiger partial charge in [-0.1, -0.05) is 42.5 Å². The molecule has 0 saturated carbocycles. The van der Waals surface area contributed by atoms with Gasteiger partial charge in [-0.25, -0.2) is 0 Å². The summed E-state index contributed by atoms with van der Waals surface area (Å²) in [7, 11) is 0. The molecule has 0 unspecified atom stereocenters. The van der Waals surface area contributed by atoms with E-state index >= 15 is 0 Å². The molecule has 0 spiro atoms. The van der Waals surface area contributed by atoms with Crippen molar-refractivity contribution in [3.05, 3.63) is 106 Å². The van der Waals surface area contributed by atoms with Crippen molar-refractivity contribution in [2.45, 2.75) is 6.54 Å². The average Bonchev–Trinajstić information content (AvgIpc) is 2.64. The Hall–Kier alpha value is -3.54. The number of aromatic nitrogens is 1. The fraction of sp³-hybridized carbons (Fsp3) is 0.0526. The molecule has 0 fully saturated rings. The predicted octanol–water partition coefficient (Wildman–Crippen LogP) is 3.19. The topological polar surface area (TPSA) is 77.5 Å². The number of pyridine rings is 1. The molecule has 25 heavy (non-hydrogen) atoms. The third kappa shape index (κ3) is 4.06. The second-order valence-electron chi connectivity index (χ2n) is 5.40. The summed E-state index contributed by atoms with van der Waals surface area (Å²) in [5, 5.41) is 10.9. The highest BCUT2D eigenvalue weighted by atomic mass is 16.6. The highest BCUT2D eigenvalue weighted by Crippen LogP contribution is 2.13. The Balaban J connectivity index is 1.95. The molecule has 6 nitrogen and oxygen atoms in total. The molecule has 1 amide bonds. The summed E-state index contributed by atoms with van der Waals surface area (Å²) >= 11 is 0. The van der Waals surface area contributed by atoms with E-state index in [0.29, 0.717) is 12.0 Å². The van der Waals surface area contributed by atoms with Crippen molar-refractivity contribution in [3.8, 4) is 0 Å². The lowest BCUT2D eigenvalue weighted by atomic mass is 10.2. The molecule has 0 saturated heterocycles. The molecule has 3 rings (SSSR count). The van der Waals surface area contributed by atoms with Gasteiger partial charge in [0, 0.05) is 30.4 Å². The van der Waals surface area contributed by atoms with Crippen LogP contribution in [0.15, 0.2) is 84.0 Å². The summed E-state index contributed by atoms with van der Waals surface area (Å²) in [4.78, 5) is 26.8. The maximum absolute atomic E-state index is 12.4. The maximum Gasteiger partial charge on any atom is 0.279 e. The molecule has 0 atom stereocenters. The van der Waals surface area contributed by atoms with Crippen LogP contribution in [-0.2, 0) is 6.54 Å². The summed E-state index contributed by atoms with van der Waals surface area (Å²) in [5.74, 6) is -0.517. The number of nitro benzene ring substituents is 1. The van der Waals surface area contributed by atoms with Gasteiger partial charge < -0.3 is 4.57 Å². The first-order chi connectivity index (χ1) is 12.1.